The third-order valence-electron chi connectivity index (χ3n) is 3.49. The fourth-order valence-corrected chi connectivity index (χ4v) is 2.27. The second-order valence-electron chi connectivity index (χ2n) is 5.58. The standard InChI is InChI=1S/C17H21N3O3/c1-12(2)14-6-4-5-7-16(14)23-9-8-18-17-10-13(3)15(11-19-17)20(21)22/h4-7,10-12H,8-9H2,1-3H3,(H,18,19). The predicted molar refractivity (Wildman–Crippen MR) is 90.1 cm³/mol. The molecule has 6 heteroatoms. The zero-order chi connectivity index (χ0) is 16.8. The summed E-state index contributed by atoms with van der Waals surface area (Å²) in [5, 5.41) is 13.9. The molecule has 6 nitrogen and oxygen atoms in total. The van der Waals surface area contributed by atoms with E-state index in [1.807, 2.05) is 18.2 Å². The van der Waals surface area contributed by atoms with E-state index >= 15 is 0 Å². The van der Waals surface area contributed by atoms with Crippen molar-refractivity contribution >= 4 is 11.5 Å². The van der Waals surface area contributed by atoms with Crippen LogP contribution >= 0.6 is 0 Å². The average Bonchev–Trinajstić information content (AvgIpc) is 2.51. The number of hydrogen-bond donors (Lipinski definition) is 1. The van der Waals surface area contributed by atoms with Crippen molar-refractivity contribution in [2.45, 2.75) is 26.7 Å². The van der Waals surface area contributed by atoms with E-state index in [1.54, 1.807) is 13.0 Å². The zero-order valence-electron chi connectivity index (χ0n) is 13.6. The van der Waals surface area contributed by atoms with Crippen LogP contribution < -0.4 is 10.1 Å². The molecular weight excluding hydrogens is 294 g/mol. The van der Waals surface area contributed by atoms with Gasteiger partial charge in [0.25, 0.3) is 5.69 Å². The second kappa shape index (κ2) is 7.58. The van der Waals surface area contributed by atoms with E-state index in [-0.39, 0.29) is 5.69 Å². The number of pyridine rings is 1. The summed E-state index contributed by atoms with van der Waals surface area (Å²) in [6.45, 7) is 7.01. The molecule has 23 heavy (non-hydrogen) atoms. The van der Waals surface area contributed by atoms with Crippen molar-refractivity contribution in [3.8, 4) is 5.75 Å². The van der Waals surface area contributed by atoms with Crippen molar-refractivity contribution in [2.24, 2.45) is 0 Å². The number of rotatable bonds is 7. The van der Waals surface area contributed by atoms with Crippen LogP contribution in [0, 0.1) is 17.0 Å². The fraction of sp³-hybridized carbons (Fsp3) is 0.353. The highest BCUT2D eigenvalue weighted by Gasteiger charge is 2.11. The number of nitrogens with zero attached hydrogens (tertiary/aromatic N) is 2. The molecule has 0 fully saturated rings. The molecule has 1 aromatic heterocycles. The Labute approximate surface area is 135 Å². The van der Waals surface area contributed by atoms with Crippen LogP contribution in [-0.2, 0) is 0 Å². The maximum Gasteiger partial charge on any atom is 0.290 e. The van der Waals surface area contributed by atoms with Crippen molar-refractivity contribution < 1.29 is 9.66 Å². The van der Waals surface area contributed by atoms with Gasteiger partial charge in [-0.05, 0) is 30.5 Å². The lowest BCUT2D eigenvalue weighted by atomic mass is 10.0. The van der Waals surface area contributed by atoms with Gasteiger partial charge in [0.1, 0.15) is 24.4 Å². The lowest BCUT2D eigenvalue weighted by molar-refractivity contribution is -0.385. The Morgan fingerprint density at radius 3 is 2.74 bits per heavy atom. The number of aryl methyl sites for hydroxylation is 1. The summed E-state index contributed by atoms with van der Waals surface area (Å²) in [5.41, 5.74) is 1.79. The van der Waals surface area contributed by atoms with Crippen LogP contribution in [0.25, 0.3) is 0 Å². The summed E-state index contributed by atoms with van der Waals surface area (Å²) in [7, 11) is 0. The maximum absolute atomic E-state index is 10.8. The Morgan fingerprint density at radius 2 is 2.09 bits per heavy atom. The Hall–Kier alpha value is -2.63. The van der Waals surface area contributed by atoms with Crippen LogP contribution in [0.5, 0.6) is 5.75 Å². The molecule has 0 aliphatic carbocycles. The molecule has 1 N–H and O–H groups in total. The zero-order valence-corrected chi connectivity index (χ0v) is 13.6. The fourth-order valence-electron chi connectivity index (χ4n) is 2.27. The van der Waals surface area contributed by atoms with Gasteiger partial charge in [0.05, 0.1) is 11.5 Å². The number of para-hydroxylation sites is 1. The maximum atomic E-state index is 10.8. The van der Waals surface area contributed by atoms with Gasteiger partial charge in [0.15, 0.2) is 0 Å². The monoisotopic (exact) mass is 315 g/mol. The highest BCUT2D eigenvalue weighted by atomic mass is 16.6. The summed E-state index contributed by atoms with van der Waals surface area (Å²) in [4.78, 5) is 14.4. The van der Waals surface area contributed by atoms with E-state index in [0.717, 1.165) is 5.75 Å². The predicted octanol–water partition coefficient (Wildman–Crippen LogP) is 3.91. The van der Waals surface area contributed by atoms with Crippen molar-refractivity contribution in [3.63, 3.8) is 0 Å². The van der Waals surface area contributed by atoms with Crippen molar-refractivity contribution in [1.29, 1.82) is 0 Å². The van der Waals surface area contributed by atoms with Gasteiger partial charge in [-0.3, -0.25) is 10.1 Å². The lowest BCUT2D eigenvalue weighted by Crippen LogP contribution is -2.13. The molecule has 122 valence electrons. The molecule has 0 bridgehead atoms. The molecule has 0 radical (unpaired) electrons. The van der Waals surface area contributed by atoms with Crippen LogP contribution in [0.15, 0.2) is 36.5 Å². The normalized spacial score (nSPS) is 10.6. The SMILES string of the molecule is Cc1cc(NCCOc2ccccc2C(C)C)ncc1[N+](=O)[O-]. The van der Waals surface area contributed by atoms with Crippen LogP contribution in [0.1, 0.15) is 30.9 Å². The molecular formula is C17H21N3O3. The number of ether oxygens (including phenoxy) is 1. The molecule has 0 unspecified atom stereocenters. The van der Waals surface area contributed by atoms with E-state index in [1.165, 1.54) is 11.8 Å². The minimum absolute atomic E-state index is 0.0256. The molecule has 2 aromatic rings. The molecule has 0 aliphatic heterocycles. The number of anilines is 1. The number of nitro groups is 1. The lowest BCUT2D eigenvalue weighted by Gasteiger charge is -2.14. The Bertz CT molecular complexity index is 687. The minimum atomic E-state index is -0.432. The van der Waals surface area contributed by atoms with Crippen LogP contribution in [0.4, 0.5) is 11.5 Å². The number of aromatic nitrogens is 1. The quantitative estimate of drug-likeness (QED) is 0.476. The summed E-state index contributed by atoms with van der Waals surface area (Å²) in [6.07, 6.45) is 1.27. The molecule has 2 rings (SSSR count). The van der Waals surface area contributed by atoms with Gasteiger partial charge in [-0.25, -0.2) is 4.98 Å². The molecule has 0 spiro atoms. The molecule has 0 saturated carbocycles. The van der Waals surface area contributed by atoms with Crippen LogP contribution in [-0.4, -0.2) is 23.1 Å². The number of nitrogens with one attached hydrogen (secondary N) is 1. The third kappa shape index (κ3) is 4.42. The molecule has 1 aromatic carbocycles. The summed E-state index contributed by atoms with van der Waals surface area (Å²) >= 11 is 0. The topological polar surface area (TPSA) is 77.3 Å². The van der Waals surface area contributed by atoms with E-state index in [2.05, 4.69) is 30.2 Å². The molecule has 1 heterocycles. The Kier molecular flexibility index (Phi) is 5.51. The van der Waals surface area contributed by atoms with Gasteiger partial charge in [0, 0.05) is 5.56 Å². The van der Waals surface area contributed by atoms with E-state index in [4.69, 9.17) is 4.74 Å². The first-order valence-corrected chi connectivity index (χ1v) is 7.55. The van der Waals surface area contributed by atoms with Gasteiger partial charge in [-0.15, -0.1) is 0 Å². The van der Waals surface area contributed by atoms with Crippen molar-refractivity contribution in [2.75, 3.05) is 18.5 Å². The Morgan fingerprint density at radius 1 is 1.35 bits per heavy atom. The molecule has 0 aliphatic rings. The minimum Gasteiger partial charge on any atom is -0.491 e. The number of hydrogen-bond acceptors (Lipinski definition) is 5. The van der Waals surface area contributed by atoms with Gasteiger partial charge in [0.2, 0.25) is 0 Å². The molecule has 0 atom stereocenters. The van der Waals surface area contributed by atoms with E-state index in [0.29, 0.717) is 30.5 Å². The third-order valence-corrected chi connectivity index (χ3v) is 3.49. The smallest absolute Gasteiger partial charge is 0.290 e. The van der Waals surface area contributed by atoms with Crippen molar-refractivity contribution in [3.05, 3.63) is 57.8 Å². The molecule has 0 amide bonds. The van der Waals surface area contributed by atoms with E-state index in [9.17, 15) is 10.1 Å². The number of benzene rings is 1. The van der Waals surface area contributed by atoms with Gasteiger partial charge in [-0.2, -0.15) is 0 Å². The van der Waals surface area contributed by atoms with Crippen LogP contribution in [0.3, 0.4) is 0 Å². The highest BCUT2D eigenvalue weighted by Crippen LogP contribution is 2.25. The van der Waals surface area contributed by atoms with Crippen LogP contribution in [0.2, 0.25) is 0 Å². The van der Waals surface area contributed by atoms with Gasteiger partial charge >= 0.3 is 0 Å². The van der Waals surface area contributed by atoms with Crippen molar-refractivity contribution in [1.82, 2.24) is 4.98 Å². The average molecular weight is 315 g/mol. The highest BCUT2D eigenvalue weighted by molar-refractivity contribution is 5.46. The summed E-state index contributed by atoms with van der Waals surface area (Å²) < 4.78 is 5.81. The first kappa shape index (κ1) is 16.7. The Balaban J connectivity index is 1.89. The van der Waals surface area contributed by atoms with Gasteiger partial charge < -0.3 is 10.1 Å². The van der Waals surface area contributed by atoms with E-state index < -0.39 is 4.92 Å². The largest absolute Gasteiger partial charge is 0.491 e. The van der Waals surface area contributed by atoms with Gasteiger partial charge in [-0.1, -0.05) is 32.0 Å². The summed E-state index contributed by atoms with van der Waals surface area (Å²) in [5.74, 6) is 1.89. The first-order valence-electron chi connectivity index (χ1n) is 7.55. The first-order chi connectivity index (χ1) is 11.0. The second-order valence-corrected chi connectivity index (χ2v) is 5.58. The summed E-state index contributed by atoms with van der Waals surface area (Å²) in [6, 6.07) is 9.65. The molecule has 0 saturated heterocycles.